The summed E-state index contributed by atoms with van der Waals surface area (Å²) in [6, 6.07) is 17.8. The molecule has 2 aromatic carbocycles. The third-order valence-electron chi connectivity index (χ3n) is 4.90. The second-order valence-corrected chi connectivity index (χ2v) is 7.01. The Kier molecular flexibility index (Phi) is 8.58. The number of carboxylic acids is 2. The zero-order valence-corrected chi connectivity index (χ0v) is 16.6. The number of carboxylic acid groups (broad SMARTS) is 2. The van der Waals surface area contributed by atoms with Crippen molar-refractivity contribution < 1.29 is 19.8 Å². The van der Waals surface area contributed by atoms with Gasteiger partial charge in [-0.25, -0.2) is 9.59 Å². The highest BCUT2D eigenvalue weighted by atomic mass is 16.4. The number of carbonyl (C=O) groups is 2. The predicted octanol–water partition coefficient (Wildman–Crippen LogP) is 2.52. The highest BCUT2D eigenvalue weighted by molar-refractivity contribution is 5.89. The maximum atomic E-state index is 9.55. The van der Waals surface area contributed by atoms with Crippen molar-refractivity contribution in [2.24, 2.45) is 5.73 Å². The van der Waals surface area contributed by atoms with E-state index >= 15 is 0 Å². The van der Waals surface area contributed by atoms with E-state index in [0.717, 1.165) is 25.9 Å². The highest BCUT2D eigenvalue weighted by Crippen LogP contribution is 2.34. The van der Waals surface area contributed by atoms with Crippen LogP contribution in [0.4, 0.5) is 0 Å². The molecule has 154 valence electrons. The average molecular weight is 396 g/mol. The molecule has 0 fully saturated rings. The molecule has 4 N–H and O–H groups in total. The van der Waals surface area contributed by atoms with Gasteiger partial charge in [-0.3, -0.25) is 0 Å². The molecular weight excluding hydrogens is 368 g/mol. The third kappa shape index (κ3) is 6.85. The standard InChI is InChI=1S/C19H24N2.C4H4O4/c1-21(13-12-20)14-19-17-8-4-2-6-15(17)10-11-16-7-3-5-9-18(16)19;5-3(6)1-2-4(7)8/h2-9,19H,10-14,20H2,1H3;1-2H,(H,5,6)(H,7,8)/b;2-1-. The van der Waals surface area contributed by atoms with Gasteiger partial charge in [0.25, 0.3) is 0 Å². The number of likely N-dealkylation sites (N-methyl/N-ethyl adjacent to an activating group) is 1. The van der Waals surface area contributed by atoms with Crippen LogP contribution in [0.25, 0.3) is 0 Å². The van der Waals surface area contributed by atoms with Gasteiger partial charge in [0.2, 0.25) is 0 Å². The van der Waals surface area contributed by atoms with Gasteiger partial charge in [0.05, 0.1) is 0 Å². The van der Waals surface area contributed by atoms with E-state index < -0.39 is 11.9 Å². The normalized spacial score (nSPS) is 13.2. The molecule has 0 amide bonds. The summed E-state index contributed by atoms with van der Waals surface area (Å²) in [5, 5.41) is 15.6. The average Bonchev–Trinajstić information content (AvgIpc) is 2.85. The molecule has 6 nitrogen and oxygen atoms in total. The van der Waals surface area contributed by atoms with Crippen molar-refractivity contribution in [3.8, 4) is 0 Å². The quantitative estimate of drug-likeness (QED) is 0.648. The maximum absolute atomic E-state index is 9.55. The Balaban J connectivity index is 0.000000321. The summed E-state index contributed by atoms with van der Waals surface area (Å²) in [5.41, 5.74) is 11.7. The number of rotatable bonds is 6. The van der Waals surface area contributed by atoms with Gasteiger partial charge >= 0.3 is 11.9 Å². The Morgan fingerprint density at radius 3 is 1.83 bits per heavy atom. The zero-order chi connectivity index (χ0) is 21.2. The second kappa shape index (κ2) is 11.1. The molecule has 0 atom stereocenters. The Hall–Kier alpha value is -2.96. The van der Waals surface area contributed by atoms with Gasteiger partial charge in [0.1, 0.15) is 0 Å². The first-order valence-corrected chi connectivity index (χ1v) is 9.60. The molecule has 0 spiro atoms. The molecule has 0 radical (unpaired) electrons. The van der Waals surface area contributed by atoms with E-state index in [-0.39, 0.29) is 0 Å². The van der Waals surface area contributed by atoms with Crippen LogP contribution in [-0.4, -0.2) is 53.7 Å². The van der Waals surface area contributed by atoms with Crippen molar-refractivity contribution in [2.75, 3.05) is 26.7 Å². The molecule has 29 heavy (non-hydrogen) atoms. The van der Waals surface area contributed by atoms with E-state index in [4.69, 9.17) is 15.9 Å². The zero-order valence-electron chi connectivity index (χ0n) is 16.6. The minimum atomic E-state index is -1.26. The lowest BCUT2D eigenvalue weighted by atomic mass is 9.87. The second-order valence-electron chi connectivity index (χ2n) is 7.01. The first-order valence-electron chi connectivity index (χ1n) is 9.60. The predicted molar refractivity (Wildman–Crippen MR) is 113 cm³/mol. The van der Waals surface area contributed by atoms with Crippen LogP contribution in [-0.2, 0) is 22.4 Å². The van der Waals surface area contributed by atoms with Crippen molar-refractivity contribution >= 4 is 11.9 Å². The Labute approximate surface area is 171 Å². The molecule has 6 heteroatoms. The van der Waals surface area contributed by atoms with Gasteiger partial charge in [-0.15, -0.1) is 0 Å². The van der Waals surface area contributed by atoms with E-state index in [1.165, 1.54) is 22.3 Å². The molecule has 1 aliphatic carbocycles. The topological polar surface area (TPSA) is 104 Å². The molecule has 0 aliphatic heterocycles. The van der Waals surface area contributed by atoms with Gasteiger partial charge in [-0.2, -0.15) is 0 Å². The lowest BCUT2D eigenvalue weighted by Crippen LogP contribution is -2.30. The summed E-state index contributed by atoms with van der Waals surface area (Å²) in [7, 11) is 2.17. The minimum Gasteiger partial charge on any atom is -0.478 e. The smallest absolute Gasteiger partial charge is 0.328 e. The van der Waals surface area contributed by atoms with Crippen LogP contribution in [0.5, 0.6) is 0 Å². The number of fused-ring (bicyclic) bond motifs is 2. The molecule has 0 saturated carbocycles. The monoisotopic (exact) mass is 396 g/mol. The maximum Gasteiger partial charge on any atom is 0.328 e. The molecule has 0 aromatic heterocycles. The summed E-state index contributed by atoms with van der Waals surface area (Å²) in [6.07, 6.45) is 3.40. The van der Waals surface area contributed by atoms with Gasteiger partial charge < -0.3 is 20.8 Å². The van der Waals surface area contributed by atoms with Crippen LogP contribution in [0.1, 0.15) is 28.2 Å². The summed E-state index contributed by atoms with van der Waals surface area (Å²) < 4.78 is 0. The fourth-order valence-electron chi connectivity index (χ4n) is 3.60. The molecule has 0 bridgehead atoms. The minimum absolute atomic E-state index is 0.455. The Morgan fingerprint density at radius 2 is 1.41 bits per heavy atom. The number of nitrogens with zero attached hydrogens (tertiary/aromatic N) is 1. The van der Waals surface area contributed by atoms with Gasteiger partial charge in [0.15, 0.2) is 0 Å². The molecule has 0 unspecified atom stereocenters. The van der Waals surface area contributed by atoms with Crippen LogP contribution < -0.4 is 5.73 Å². The van der Waals surface area contributed by atoms with Gasteiger partial charge in [0, 0.05) is 37.7 Å². The third-order valence-corrected chi connectivity index (χ3v) is 4.90. The van der Waals surface area contributed by atoms with Crippen molar-refractivity contribution in [1.29, 1.82) is 0 Å². The number of aliphatic carboxylic acids is 2. The SMILES string of the molecule is CN(CCN)CC1c2ccccc2CCc2ccccc21.O=C(O)/C=C\C(=O)O. The fraction of sp³-hybridized carbons (Fsp3) is 0.304. The van der Waals surface area contributed by atoms with Gasteiger partial charge in [-0.1, -0.05) is 48.5 Å². The van der Waals surface area contributed by atoms with Crippen molar-refractivity contribution in [3.05, 3.63) is 82.9 Å². The van der Waals surface area contributed by atoms with Crippen LogP contribution in [0.2, 0.25) is 0 Å². The molecule has 3 rings (SSSR count). The van der Waals surface area contributed by atoms with Crippen molar-refractivity contribution in [3.63, 3.8) is 0 Å². The van der Waals surface area contributed by atoms with Crippen molar-refractivity contribution in [2.45, 2.75) is 18.8 Å². The van der Waals surface area contributed by atoms with Crippen LogP contribution in [0, 0.1) is 0 Å². The Morgan fingerprint density at radius 1 is 0.966 bits per heavy atom. The van der Waals surface area contributed by atoms with E-state index in [1.54, 1.807) is 0 Å². The molecule has 0 heterocycles. The summed E-state index contributed by atoms with van der Waals surface area (Å²) in [6.45, 7) is 2.69. The molecule has 2 aromatic rings. The van der Waals surface area contributed by atoms with Crippen LogP contribution in [0.3, 0.4) is 0 Å². The van der Waals surface area contributed by atoms with E-state index in [2.05, 4.69) is 60.5 Å². The molecular formula is C23H28N2O4. The highest BCUT2D eigenvalue weighted by Gasteiger charge is 2.24. The lowest BCUT2D eigenvalue weighted by molar-refractivity contribution is -0.134. The number of benzene rings is 2. The Bertz CT molecular complexity index is 800. The first kappa shape index (κ1) is 22.3. The molecule has 1 aliphatic rings. The van der Waals surface area contributed by atoms with Crippen LogP contribution in [0.15, 0.2) is 60.7 Å². The number of hydrogen-bond acceptors (Lipinski definition) is 4. The van der Waals surface area contributed by atoms with E-state index in [1.807, 2.05) is 0 Å². The summed E-state index contributed by atoms with van der Waals surface area (Å²) >= 11 is 0. The lowest BCUT2D eigenvalue weighted by Gasteiger charge is -2.26. The number of nitrogens with two attached hydrogens (primary N) is 1. The van der Waals surface area contributed by atoms with E-state index in [9.17, 15) is 9.59 Å². The summed E-state index contributed by atoms with van der Waals surface area (Å²) in [5.74, 6) is -2.06. The van der Waals surface area contributed by atoms with Gasteiger partial charge in [-0.05, 0) is 42.1 Å². The fourth-order valence-corrected chi connectivity index (χ4v) is 3.60. The van der Waals surface area contributed by atoms with Crippen molar-refractivity contribution in [1.82, 2.24) is 4.90 Å². The number of aryl methyl sites for hydroxylation is 2. The molecule has 0 saturated heterocycles. The largest absolute Gasteiger partial charge is 0.478 e. The van der Waals surface area contributed by atoms with Crippen LogP contribution >= 0.6 is 0 Å². The van der Waals surface area contributed by atoms with E-state index in [0.29, 0.717) is 24.6 Å². The first-order chi connectivity index (χ1) is 13.9. The summed E-state index contributed by atoms with van der Waals surface area (Å²) in [4.78, 5) is 21.5. The number of hydrogen-bond donors (Lipinski definition) is 3.